The molecule has 116 valence electrons. The Balaban J connectivity index is 1.63. The van der Waals surface area contributed by atoms with Crippen molar-refractivity contribution in [1.82, 2.24) is 9.80 Å². The van der Waals surface area contributed by atoms with Gasteiger partial charge in [0.15, 0.2) is 0 Å². The molecule has 2 nitrogen and oxygen atoms in total. The lowest BCUT2D eigenvalue weighted by molar-refractivity contribution is 0.160. The maximum atomic E-state index is 14.0. The second-order valence-electron chi connectivity index (χ2n) is 6.10. The van der Waals surface area contributed by atoms with Gasteiger partial charge < -0.3 is 0 Å². The van der Waals surface area contributed by atoms with Gasteiger partial charge in [0.2, 0.25) is 0 Å². The number of halogens is 3. The number of benzene rings is 1. The molecule has 5 heteroatoms. The van der Waals surface area contributed by atoms with E-state index in [9.17, 15) is 8.78 Å². The lowest BCUT2D eigenvalue weighted by Crippen LogP contribution is -2.40. The van der Waals surface area contributed by atoms with Gasteiger partial charge in [-0.15, -0.1) is 0 Å². The first-order valence-electron chi connectivity index (χ1n) is 7.74. The minimum Gasteiger partial charge on any atom is -0.299 e. The van der Waals surface area contributed by atoms with Gasteiger partial charge in [0.25, 0.3) is 0 Å². The van der Waals surface area contributed by atoms with Crippen LogP contribution >= 0.6 is 15.9 Å². The summed E-state index contributed by atoms with van der Waals surface area (Å²) in [4.78, 5) is 4.73. The van der Waals surface area contributed by atoms with Crippen molar-refractivity contribution in [3.05, 3.63) is 33.8 Å². The van der Waals surface area contributed by atoms with Gasteiger partial charge >= 0.3 is 0 Å². The number of hydrogen-bond donors (Lipinski definition) is 0. The smallest absolute Gasteiger partial charge is 0.144 e. The maximum Gasteiger partial charge on any atom is 0.144 e. The Bertz CT molecular complexity index is 503. The average molecular weight is 359 g/mol. The molecular weight excluding hydrogens is 338 g/mol. The van der Waals surface area contributed by atoms with Crippen molar-refractivity contribution in [2.75, 3.05) is 26.2 Å². The van der Waals surface area contributed by atoms with Gasteiger partial charge in [0.1, 0.15) is 11.6 Å². The molecule has 1 aromatic rings. The van der Waals surface area contributed by atoms with Gasteiger partial charge in [0.05, 0.1) is 4.47 Å². The second-order valence-corrected chi connectivity index (χ2v) is 6.95. The molecule has 2 fully saturated rings. The number of hydrogen-bond acceptors (Lipinski definition) is 2. The highest BCUT2D eigenvalue weighted by Crippen LogP contribution is 2.26. The molecule has 0 amide bonds. The summed E-state index contributed by atoms with van der Waals surface area (Å²) >= 11 is 3.14. The van der Waals surface area contributed by atoms with E-state index in [-0.39, 0.29) is 5.56 Å². The zero-order valence-corrected chi connectivity index (χ0v) is 13.7. The highest BCUT2D eigenvalue weighted by Gasteiger charge is 2.29. The van der Waals surface area contributed by atoms with Crippen LogP contribution < -0.4 is 0 Å². The molecular formula is C16H21BrF2N2. The second kappa shape index (κ2) is 6.71. The summed E-state index contributed by atoms with van der Waals surface area (Å²) in [7, 11) is 0. The summed E-state index contributed by atoms with van der Waals surface area (Å²) in [6.45, 7) is 4.57. The van der Waals surface area contributed by atoms with Crippen molar-refractivity contribution in [2.45, 2.75) is 38.3 Å². The summed E-state index contributed by atoms with van der Waals surface area (Å²) in [5, 5.41) is 0. The SMILES string of the molecule is Fc1ccc(Br)c(F)c1CN1CCC(N2CCCCC2)C1. The highest BCUT2D eigenvalue weighted by atomic mass is 79.9. The third-order valence-corrected chi connectivity index (χ3v) is 5.29. The summed E-state index contributed by atoms with van der Waals surface area (Å²) in [6, 6.07) is 3.32. The van der Waals surface area contributed by atoms with E-state index in [1.54, 1.807) is 0 Å². The molecule has 2 saturated heterocycles. The first kappa shape index (κ1) is 15.4. The van der Waals surface area contributed by atoms with Crippen LogP contribution in [0.25, 0.3) is 0 Å². The minimum absolute atomic E-state index is 0.184. The minimum atomic E-state index is -0.462. The Morgan fingerprint density at radius 3 is 2.62 bits per heavy atom. The topological polar surface area (TPSA) is 6.48 Å². The molecule has 2 aliphatic rings. The van der Waals surface area contributed by atoms with Crippen LogP contribution in [0, 0.1) is 11.6 Å². The van der Waals surface area contributed by atoms with Gasteiger partial charge in [0, 0.05) is 31.2 Å². The lowest BCUT2D eigenvalue weighted by atomic mass is 10.1. The Morgan fingerprint density at radius 1 is 1.10 bits per heavy atom. The molecule has 1 aromatic carbocycles. The molecule has 0 aliphatic carbocycles. The fourth-order valence-corrected chi connectivity index (χ4v) is 3.85. The fraction of sp³-hybridized carbons (Fsp3) is 0.625. The van der Waals surface area contributed by atoms with E-state index in [1.165, 1.54) is 44.5 Å². The van der Waals surface area contributed by atoms with Gasteiger partial charge in [-0.2, -0.15) is 0 Å². The van der Waals surface area contributed by atoms with Crippen molar-refractivity contribution in [3.63, 3.8) is 0 Å². The van der Waals surface area contributed by atoms with Gasteiger partial charge in [-0.25, -0.2) is 8.78 Å². The van der Waals surface area contributed by atoms with Crippen molar-refractivity contribution < 1.29 is 8.78 Å². The van der Waals surface area contributed by atoms with E-state index in [0.29, 0.717) is 17.1 Å². The van der Waals surface area contributed by atoms with Crippen LogP contribution in [0.5, 0.6) is 0 Å². The van der Waals surface area contributed by atoms with E-state index < -0.39 is 11.6 Å². The van der Waals surface area contributed by atoms with E-state index in [0.717, 1.165) is 19.5 Å². The number of rotatable bonds is 3. The van der Waals surface area contributed by atoms with Crippen LogP contribution in [0.1, 0.15) is 31.2 Å². The molecule has 0 aromatic heterocycles. The van der Waals surface area contributed by atoms with Gasteiger partial charge in [-0.3, -0.25) is 9.80 Å². The van der Waals surface area contributed by atoms with Gasteiger partial charge in [-0.05, 0) is 60.4 Å². The Kier molecular flexibility index (Phi) is 4.92. The number of piperidine rings is 1. The third kappa shape index (κ3) is 3.46. The molecule has 0 radical (unpaired) electrons. The molecule has 3 rings (SSSR count). The molecule has 1 atom stereocenters. The standard InChI is InChI=1S/C16H21BrF2N2/c17-14-4-5-15(18)13(16(14)19)11-20-9-6-12(10-20)21-7-2-1-3-8-21/h4-5,12H,1-3,6-11H2. The zero-order chi connectivity index (χ0) is 14.8. The molecule has 2 heterocycles. The zero-order valence-electron chi connectivity index (χ0n) is 12.1. The van der Waals surface area contributed by atoms with Crippen LogP contribution in [0.2, 0.25) is 0 Å². The Hall–Kier alpha value is -0.520. The highest BCUT2D eigenvalue weighted by molar-refractivity contribution is 9.10. The fourth-order valence-electron chi connectivity index (χ4n) is 3.47. The molecule has 0 saturated carbocycles. The quantitative estimate of drug-likeness (QED) is 0.758. The molecule has 21 heavy (non-hydrogen) atoms. The predicted octanol–water partition coefficient (Wildman–Crippen LogP) is 3.79. The third-order valence-electron chi connectivity index (χ3n) is 4.68. The van der Waals surface area contributed by atoms with E-state index in [1.807, 2.05) is 0 Å². The maximum absolute atomic E-state index is 14.0. The van der Waals surface area contributed by atoms with E-state index in [4.69, 9.17) is 0 Å². The largest absolute Gasteiger partial charge is 0.299 e. The first-order valence-corrected chi connectivity index (χ1v) is 8.53. The van der Waals surface area contributed by atoms with Crippen molar-refractivity contribution >= 4 is 15.9 Å². The van der Waals surface area contributed by atoms with Gasteiger partial charge in [-0.1, -0.05) is 6.42 Å². The van der Waals surface area contributed by atoms with Crippen molar-refractivity contribution in [1.29, 1.82) is 0 Å². The van der Waals surface area contributed by atoms with E-state index >= 15 is 0 Å². The molecule has 0 spiro atoms. The Morgan fingerprint density at radius 2 is 1.86 bits per heavy atom. The van der Waals surface area contributed by atoms with Crippen LogP contribution in [0.15, 0.2) is 16.6 Å². The molecule has 0 bridgehead atoms. The normalized spacial score (nSPS) is 24.6. The predicted molar refractivity (Wildman–Crippen MR) is 83.2 cm³/mol. The summed E-state index contributed by atoms with van der Waals surface area (Å²) < 4.78 is 28.2. The van der Waals surface area contributed by atoms with Crippen molar-refractivity contribution in [2.24, 2.45) is 0 Å². The van der Waals surface area contributed by atoms with Crippen LogP contribution in [0.4, 0.5) is 8.78 Å². The molecule has 2 aliphatic heterocycles. The van der Waals surface area contributed by atoms with Crippen molar-refractivity contribution in [3.8, 4) is 0 Å². The summed E-state index contributed by atoms with van der Waals surface area (Å²) in [5.74, 6) is -0.909. The summed E-state index contributed by atoms with van der Waals surface area (Å²) in [6.07, 6.45) is 5.01. The van der Waals surface area contributed by atoms with Crippen LogP contribution in [-0.2, 0) is 6.54 Å². The molecule has 1 unspecified atom stereocenters. The first-order chi connectivity index (χ1) is 10.1. The van der Waals surface area contributed by atoms with Crippen LogP contribution in [-0.4, -0.2) is 42.0 Å². The lowest BCUT2D eigenvalue weighted by Gasteiger charge is -2.32. The molecule has 0 N–H and O–H groups in total. The number of likely N-dealkylation sites (tertiary alicyclic amines) is 2. The Labute approximate surface area is 133 Å². The average Bonchev–Trinajstić information content (AvgIpc) is 2.97. The van der Waals surface area contributed by atoms with Crippen LogP contribution in [0.3, 0.4) is 0 Å². The monoisotopic (exact) mass is 358 g/mol. The number of nitrogens with zero attached hydrogens (tertiary/aromatic N) is 2. The van der Waals surface area contributed by atoms with E-state index in [2.05, 4.69) is 25.7 Å². The summed E-state index contributed by atoms with van der Waals surface area (Å²) in [5.41, 5.74) is 0.184.